The van der Waals surface area contributed by atoms with Gasteiger partial charge in [0.2, 0.25) is 12.7 Å². The number of hydrogen-bond acceptors (Lipinski definition) is 6. The zero-order chi connectivity index (χ0) is 23.4. The minimum atomic E-state index is -0.280. The van der Waals surface area contributed by atoms with Crippen molar-refractivity contribution in [2.24, 2.45) is 5.92 Å². The van der Waals surface area contributed by atoms with Gasteiger partial charge < -0.3 is 23.7 Å². The highest BCUT2D eigenvalue weighted by molar-refractivity contribution is 7.10. The topological polar surface area (TPSA) is 72.2 Å². The number of rotatable bonds is 9. The van der Waals surface area contributed by atoms with Gasteiger partial charge in [-0.25, -0.2) is 0 Å². The Kier molecular flexibility index (Phi) is 7.03. The molecule has 0 unspecified atom stereocenters. The Labute approximate surface area is 197 Å². The number of furan rings is 1. The average Bonchev–Trinajstić information content (AvgIpc) is 3.54. The fraction of sp³-hybridized carbons (Fsp3) is 0.360. The first kappa shape index (κ1) is 22.9. The molecule has 174 valence electrons. The van der Waals surface area contributed by atoms with Crippen molar-refractivity contribution in [3.05, 3.63) is 69.8 Å². The second kappa shape index (κ2) is 10.1. The molecule has 1 aliphatic rings. The Bertz CT molecular complexity index is 1110. The number of aryl methyl sites for hydroxylation is 1. The van der Waals surface area contributed by atoms with Crippen LogP contribution in [-0.4, -0.2) is 41.5 Å². The van der Waals surface area contributed by atoms with E-state index in [4.69, 9.17) is 13.9 Å². The van der Waals surface area contributed by atoms with E-state index in [9.17, 15) is 9.59 Å². The van der Waals surface area contributed by atoms with Gasteiger partial charge in [0.1, 0.15) is 6.54 Å². The number of ether oxygens (including phenoxy) is 2. The lowest BCUT2D eigenvalue weighted by atomic mass is 10.1. The molecule has 0 fully saturated rings. The summed E-state index contributed by atoms with van der Waals surface area (Å²) in [5, 5.41) is 2.03. The summed E-state index contributed by atoms with van der Waals surface area (Å²) < 4.78 is 16.2. The van der Waals surface area contributed by atoms with Gasteiger partial charge in [-0.3, -0.25) is 9.59 Å². The zero-order valence-corrected chi connectivity index (χ0v) is 19.9. The molecule has 0 N–H and O–H groups in total. The van der Waals surface area contributed by atoms with Crippen LogP contribution in [0.25, 0.3) is 0 Å². The predicted molar refractivity (Wildman–Crippen MR) is 125 cm³/mol. The Balaban J connectivity index is 1.55. The summed E-state index contributed by atoms with van der Waals surface area (Å²) in [6, 6.07) is 11.1. The summed E-state index contributed by atoms with van der Waals surface area (Å²) in [7, 11) is 0. The summed E-state index contributed by atoms with van der Waals surface area (Å²) in [5.41, 5.74) is 2.09. The lowest BCUT2D eigenvalue weighted by Crippen LogP contribution is -2.43. The zero-order valence-electron chi connectivity index (χ0n) is 19.1. The Morgan fingerprint density at radius 3 is 2.58 bits per heavy atom. The van der Waals surface area contributed by atoms with Crippen molar-refractivity contribution in [1.82, 2.24) is 9.80 Å². The third-order valence-electron chi connectivity index (χ3n) is 5.40. The Hall–Kier alpha value is -3.26. The molecule has 8 heteroatoms. The number of amides is 2. The van der Waals surface area contributed by atoms with Gasteiger partial charge in [-0.2, -0.15) is 0 Å². The normalized spacial score (nSPS) is 12.2. The van der Waals surface area contributed by atoms with Crippen molar-refractivity contribution in [2.75, 3.05) is 19.9 Å². The SMILES string of the molecule is Cc1ccsc1CN(Cc1ccc2c(c1)OCO2)C(=O)CN(CC(C)C)C(=O)c1ccco1. The Morgan fingerprint density at radius 1 is 1.06 bits per heavy atom. The molecule has 0 saturated heterocycles. The monoisotopic (exact) mass is 468 g/mol. The fourth-order valence-electron chi connectivity index (χ4n) is 3.71. The van der Waals surface area contributed by atoms with Crippen molar-refractivity contribution >= 4 is 23.2 Å². The number of fused-ring (bicyclic) bond motifs is 1. The van der Waals surface area contributed by atoms with Gasteiger partial charge in [0.25, 0.3) is 5.91 Å². The first-order chi connectivity index (χ1) is 15.9. The summed E-state index contributed by atoms with van der Waals surface area (Å²) in [6.45, 7) is 7.60. The third kappa shape index (κ3) is 5.57. The van der Waals surface area contributed by atoms with Crippen LogP contribution in [0.15, 0.2) is 52.5 Å². The van der Waals surface area contributed by atoms with E-state index in [1.807, 2.05) is 44.4 Å². The molecule has 0 saturated carbocycles. The average molecular weight is 469 g/mol. The van der Waals surface area contributed by atoms with E-state index >= 15 is 0 Å². The van der Waals surface area contributed by atoms with Crippen LogP contribution in [0, 0.1) is 12.8 Å². The molecule has 0 radical (unpaired) electrons. The van der Waals surface area contributed by atoms with Crippen LogP contribution < -0.4 is 9.47 Å². The van der Waals surface area contributed by atoms with Gasteiger partial charge in [0, 0.05) is 18.0 Å². The summed E-state index contributed by atoms with van der Waals surface area (Å²) in [6.07, 6.45) is 1.47. The van der Waals surface area contributed by atoms with Crippen LogP contribution in [0.5, 0.6) is 11.5 Å². The number of nitrogens with zero attached hydrogens (tertiary/aromatic N) is 2. The molecule has 0 bridgehead atoms. The molecular weight excluding hydrogens is 440 g/mol. The van der Waals surface area contributed by atoms with Gasteiger partial charge >= 0.3 is 0 Å². The number of benzene rings is 1. The van der Waals surface area contributed by atoms with Crippen molar-refractivity contribution < 1.29 is 23.5 Å². The Morgan fingerprint density at radius 2 is 1.88 bits per heavy atom. The van der Waals surface area contributed by atoms with Crippen molar-refractivity contribution in [1.29, 1.82) is 0 Å². The van der Waals surface area contributed by atoms with Crippen LogP contribution in [0.4, 0.5) is 0 Å². The summed E-state index contributed by atoms with van der Waals surface area (Å²) in [4.78, 5) is 31.0. The van der Waals surface area contributed by atoms with E-state index in [-0.39, 0.29) is 36.8 Å². The molecule has 2 amide bonds. The smallest absolute Gasteiger partial charge is 0.290 e. The number of carbonyl (C=O) groups is 2. The minimum Gasteiger partial charge on any atom is -0.459 e. The van der Waals surface area contributed by atoms with Gasteiger partial charge in [-0.1, -0.05) is 19.9 Å². The molecule has 4 rings (SSSR count). The molecule has 0 spiro atoms. The second-order valence-corrected chi connectivity index (χ2v) is 9.52. The van der Waals surface area contributed by atoms with Gasteiger partial charge in [0.05, 0.1) is 12.8 Å². The van der Waals surface area contributed by atoms with E-state index < -0.39 is 0 Å². The van der Waals surface area contributed by atoms with Gasteiger partial charge in [-0.05, 0) is 59.7 Å². The maximum Gasteiger partial charge on any atom is 0.290 e. The molecule has 0 aliphatic carbocycles. The highest BCUT2D eigenvalue weighted by Crippen LogP contribution is 2.33. The number of thiophene rings is 1. The molecule has 7 nitrogen and oxygen atoms in total. The van der Waals surface area contributed by atoms with Crippen LogP contribution in [0.1, 0.15) is 40.4 Å². The van der Waals surface area contributed by atoms with E-state index in [1.165, 1.54) is 6.26 Å². The molecule has 3 aromatic rings. The number of carbonyl (C=O) groups excluding carboxylic acids is 2. The van der Waals surface area contributed by atoms with Crippen LogP contribution in [0.2, 0.25) is 0 Å². The van der Waals surface area contributed by atoms with Crippen molar-refractivity contribution in [3.63, 3.8) is 0 Å². The first-order valence-corrected chi connectivity index (χ1v) is 11.8. The lowest BCUT2D eigenvalue weighted by Gasteiger charge is -2.28. The lowest BCUT2D eigenvalue weighted by molar-refractivity contribution is -0.133. The van der Waals surface area contributed by atoms with Crippen LogP contribution in [0.3, 0.4) is 0 Å². The molecular formula is C25H28N2O5S. The van der Waals surface area contributed by atoms with Crippen LogP contribution >= 0.6 is 11.3 Å². The number of hydrogen-bond donors (Lipinski definition) is 0. The second-order valence-electron chi connectivity index (χ2n) is 8.52. The van der Waals surface area contributed by atoms with Gasteiger partial charge in [0.15, 0.2) is 17.3 Å². The van der Waals surface area contributed by atoms with E-state index in [0.717, 1.165) is 16.0 Å². The van der Waals surface area contributed by atoms with E-state index in [0.29, 0.717) is 31.1 Å². The predicted octanol–water partition coefficient (Wildman–Crippen LogP) is 4.71. The fourth-order valence-corrected chi connectivity index (χ4v) is 4.63. The molecule has 1 aliphatic heterocycles. The summed E-state index contributed by atoms with van der Waals surface area (Å²) >= 11 is 1.63. The van der Waals surface area contributed by atoms with Crippen molar-refractivity contribution in [2.45, 2.75) is 33.9 Å². The molecule has 33 heavy (non-hydrogen) atoms. The van der Waals surface area contributed by atoms with Crippen LogP contribution in [-0.2, 0) is 17.9 Å². The maximum atomic E-state index is 13.5. The van der Waals surface area contributed by atoms with Crippen molar-refractivity contribution in [3.8, 4) is 11.5 Å². The quantitative estimate of drug-likeness (QED) is 0.455. The maximum absolute atomic E-state index is 13.5. The standard InChI is InChI=1S/C25H28N2O5S/c1-17(2)12-27(25(29)21-5-4-9-30-21)15-24(28)26(14-23-18(3)8-10-33-23)13-19-6-7-20-22(11-19)32-16-31-20/h4-11,17H,12-16H2,1-3H3. The summed E-state index contributed by atoms with van der Waals surface area (Å²) in [5.74, 6) is 1.43. The molecule has 2 aromatic heterocycles. The van der Waals surface area contributed by atoms with E-state index in [1.54, 1.807) is 33.3 Å². The minimum absolute atomic E-state index is 0.0211. The molecule has 0 atom stereocenters. The third-order valence-corrected chi connectivity index (χ3v) is 6.40. The van der Waals surface area contributed by atoms with Gasteiger partial charge in [-0.15, -0.1) is 11.3 Å². The highest BCUT2D eigenvalue weighted by atomic mass is 32.1. The molecule has 3 heterocycles. The highest BCUT2D eigenvalue weighted by Gasteiger charge is 2.26. The first-order valence-electron chi connectivity index (χ1n) is 10.9. The largest absolute Gasteiger partial charge is 0.459 e. The molecule has 1 aromatic carbocycles. The van der Waals surface area contributed by atoms with E-state index in [2.05, 4.69) is 6.07 Å².